The summed E-state index contributed by atoms with van der Waals surface area (Å²) in [6, 6.07) is 13.4. The van der Waals surface area contributed by atoms with Crippen LogP contribution in [0.1, 0.15) is 37.4 Å². The molecule has 0 aliphatic carbocycles. The molecule has 0 saturated carbocycles. The summed E-state index contributed by atoms with van der Waals surface area (Å²) in [5.74, 6) is 2.55. The van der Waals surface area contributed by atoms with E-state index in [9.17, 15) is 4.79 Å². The van der Waals surface area contributed by atoms with Gasteiger partial charge in [0, 0.05) is 18.0 Å². The van der Waals surface area contributed by atoms with Crippen molar-refractivity contribution in [3.63, 3.8) is 0 Å². The average molecular weight is 407 g/mol. The Morgan fingerprint density at radius 1 is 1.07 bits per heavy atom. The van der Waals surface area contributed by atoms with Crippen molar-refractivity contribution in [1.29, 1.82) is 0 Å². The summed E-state index contributed by atoms with van der Waals surface area (Å²) >= 11 is 0. The van der Waals surface area contributed by atoms with Gasteiger partial charge >= 0.3 is 0 Å². The zero-order valence-corrected chi connectivity index (χ0v) is 17.5. The third-order valence-corrected chi connectivity index (χ3v) is 5.08. The van der Waals surface area contributed by atoms with Crippen molar-refractivity contribution < 1.29 is 19.0 Å². The van der Waals surface area contributed by atoms with Gasteiger partial charge in [-0.3, -0.25) is 9.36 Å². The lowest BCUT2D eigenvalue weighted by atomic mass is 9.89. The molecular formula is C23H25N3O4. The van der Waals surface area contributed by atoms with Crippen LogP contribution in [-0.2, 0) is 4.79 Å². The summed E-state index contributed by atoms with van der Waals surface area (Å²) in [5, 5.41) is 2.98. The molecule has 156 valence electrons. The predicted molar refractivity (Wildman–Crippen MR) is 114 cm³/mol. The molecule has 0 radical (unpaired) electrons. The maximum Gasteiger partial charge on any atom is 0.226 e. The maximum atomic E-state index is 12.5. The highest BCUT2D eigenvalue weighted by atomic mass is 16.5. The quantitative estimate of drug-likeness (QED) is 0.664. The summed E-state index contributed by atoms with van der Waals surface area (Å²) < 4.78 is 18.5. The van der Waals surface area contributed by atoms with Crippen LogP contribution in [0.15, 0.2) is 48.8 Å². The number of carbonyl (C=O) groups is 1. The molecule has 0 spiro atoms. The van der Waals surface area contributed by atoms with E-state index in [0.717, 1.165) is 22.7 Å². The first-order valence-electron chi connectivity index (χ1n) is 9.86. The Morgan fingerprint density at radius 2 is 1.83 bits per heavy atom. The molecule has 1 aromatic heterocycles. The molecule has 0 fully saturated rings. The summed E-state index contributed by atoms with van der Waals surface area (Å²) in [7, 11) is 3.25. The number of ether oxygens (including phenoxy) is 3. The van der Waals surface area contributed by atoms with Crippen LogP contribution in [0.25, 0.3) is 5.69 Å². The molecule has 30 heavy (non-hydrogen) atoms. The Hall–Kier alpha value is -3.48. The van der Waals surface area contributed by atoms with E-state index < -0.39 is 0 Å². The molecule has 1 N–H and O–H groups in total. The fourth-order valence-corrected chi connectivity index (χ4v) is 3.68. The van der Waals surface area contributed by atoms with Crippen molar-refractivity contribution in [3.8, 4) is 22.9 Å². The highest BCUT2D eigenvalue weighted by Gasteiger charge is 2.31. The molecule has 2 heterocycles. The van der Waals surface area contributed by atoms with Crippen LogP contribution in [0, 0.1) is 0 Å². The summed E-state index contributed by atoms with van der Waals surface area (Å²) in [4.78, 5) is 17.2. The van der Waals surface area contributed by atoms with Crippen LogP contribution in [0.3, 0.4) is 0 Å². The normalized spacial score (nSPS) is 15.5. The van der Waals surface area contributed by atoms with Gasteiger partial charge in [-0.2, -0.15) is 0 Å². The van der Waals surface area contributed by atoms with Crippen LogP contribution in [0.4, 0.5) is 5.82 Å². The second kappa shape index (κ2) is 8.10. The monoisotopic (exact) mass is 407 g/mol. The molecule has 4 rings (SSSR count). The van der Waals surface area contributed by atoms with Gasteiger partial charge in [-0.1, -0.05) is 6.07 Å². The van der Waals surface area contributed by atoms with Crippen LogP contribution in [0.2, 0.25) is 0 Å². The van der Waals surface area contributed by atoms with Crippen molar-refractivity contribution in [3.05, 3.63) is 60.0 Å². The first kappa shape index (κ1) is 19.8. The topological polar surface area (TPSA) is 74.6 Å². The lowest BCUT2D eigenvalue weighted by Gasteiger charge is -2.24. The van der Waals surface area contributed by atoms with Crippen LogP contribution in [0.5, 0.6) is 17.2 Å². The van der Waals surface area contributed by atoms with Gasteiger partial charge in [0.05, 0.1) is 26.0 Å². The molecule has 2 aromatic carbocycles. The van der Waals surface area contributed by atoms with E-state index in [1.165, 1.54) is 0 Å². The van der Waals surface area contributed by atoms with Crippen LogP contribution >= 0.6 is 0 Å². The van der Waals surface area contributed by atoms with Gasteiger partial charge in [0.15, 0.2) is 11.5 Å². The van der Waals surface area contributed by atoms with Crippen molar-refractivity contribution in [2.24, 2.45) is 0 Å². The number of anilines is 1. The number of methoxy groups -OCH3 is 2. The van der Waals surface area contributed by atoms with Gasteiger partial charge in [0.1, 0.15) is 17.9 Å². The Kier molecular flexibility index (Phi) is 5.35. The zero-order chi connectivity index (χ0) is 21.3. The zero-order valence-electron chi connectivity index (χ0n) is 17.5. The first-order valence-corrected chi connectivity index (χ1v) is 9.86. The van der Waals surface area contributed by atoms with Gasteiger partial charge in [0.2, 0.25) is 5.91 Å². The molecule has 0 unspecified atom stereocenters. The Bertz CT molecular complexity index is 1060. The van der Waals surface area contributed by atoms with Crippen LogP contribution in [-0.4, -0.2) is 35.8 Å². The smallest absolute Gasteiger partial charge is 0.226 e. The number of hydrogen-bond donors (Lipinski definition) is 1. The van der Waals surface area contributed by atoms with Crippen molar-refractivity contribution in [2.45, 2.75) is 32.3 Å². The molecule has 7 heteroatoms. The van der Waals surface area contributed by atoms with E-state index in [2.05, 4.69) is 10.3 Å². The molecule has 1 aliphatic rings. The molecule has 0 bridgehead atoms. The standard InChI is InChI=1S/C23H25N3O4/c1-14(2)30-20-11-15(5-10-19(20)29-4)18-12-21(27)25-23-22(18)24-13-26(23)16-6-8-17(28-3)9-7-16/h5-11,13-14,18H,12H2,1-4H3,(H,25,27)/t18-/m1/s1. The second-order valence-electron chi connectivity index (χ2n) is 7.43. The minimum atomic E-state index is -0.173. The first-order chi connectivity index (χ1) is 14.5. The number of nitrogens with one attached hydrogen (secondary N) is 1. The molecule has 1 amide bonds. The van der Waals surface area contributed by atoms with Crippen molar-refractivity contribution in [1.82, 2.24) is 9.55 Å². The molecule has 7 nitrogen and oxygen atoms in total. The second-order valence-corrected chi connectivity index (χ2v) is 7.43. The Morgan fingerprint density at radius 3 is 2.50 bits per heavy atom. The van der Waals surface area contributed by atoms with E-state index >= 15 is 0 Å². The molecule has 1 aliphatic heterocycles. The van der Waals surface area contributed by atoms with Crippen LogP contribution < -0.4 is 19.5 Å². The highest BCUT2D eigenvalue weighted by molar-refractivity contribution is 5.94. The minimum absolute atomic E-state index is 0.00801. The third kappa shape index (κ3) is 3.70. The summed E-state index contributed by atoms with van der Waals surface area (Å²) in [6.07, 6.45) is 2.06. The number of aromatic nitrogens is 2. The lowest BCUT2D eigenvalue weighted by Crippen LogP contribution is -2.25. The molecule has 0 saturated heterocycles. The average Bonchev–Trinajstić information content (AvgIpc) is 3.16. The summed E-state index contributed by atoms with van der Waals surface area (Å²) in [5.41, 5.74) is 2.68. The SMILES string of the molecule is COc1ccc(-n2cnc3c2NC(=O)C[C@@H]3c2ccc(OC)c(OC(C)C)c2)cc1. The Balaban J connectivity index is 1.74. The summed E-state index contributed by atoms with van der Waals surface area (Å²) in [6.45, 7) is 3.93. The molecular weight excluding hydrogens is 382 g/mol. The third-order valence-electron chi connectivity index (χ3n) is 5.08. The fraction of sp³-hybridized carbons (Fsp3) is 0.304. The lowest BCUT2D eigenvalue weighted by molar-refractivity contribution is -0.116. The van der Waals surface area contributed by atoms with Gasteiger partial charge in [-0.15, -0.1) is 0 Å². The number of hydrogen-bond acceptors (Lipinski definition) is 5. The molecule has 3 aromatic rings. The number of amides is 1. The minimum Gasteiger partial charge on any atom is -0.497 e. The van der Waals surface area contributed by atoms with Crippen molar-refractivity contribution in [2.75, 3.05) is 19.5 Å². The fourth-order valence-electron chi connectivity index (χ4n) is 3.68. The van der Waals surface area contributed by atoms with E-state index in [0.29, 0.717) is 23.7 Å². The Labute approximate surface area is 175 Å². The number of fused-ring (bicyclic) bond motifs is 1. The molecule has 1 atom stereocenters. The highest BCUT2D eigenvalue weighted by Crippen LogP contribution is 2.40. The van der Waals surface area contributed by atoms with Gasteiger partial charge in [0.25, 0.3) is 0 Å². The van der Waals surface area contributed by atoms with Crippen molar-refractivity contribution >= 4 is 11.7 Å². The number of rotatable bonds is 6. The predicted octanol–water partition coefficient (Wildman–Crippen LogP) is 4.15. The van der Waals surface area contributed by atoms with E-state index in [1.807, 2.05) is 60.9 Å². The van der Waals surface area contributed by atoms with Gasteiger partial charge < -0.3 is 19.5 Å². The van der Waals surface area contributed by atoms with E-state index in [1.54, 1.807) is 20.5 Å². The number of benzene rings is 2. The number of nitrogens with zero attached hydrogens (tertiary/aromatic N) is 2. The largest absolute Gasteiger partial charge is 0.497 e. The number of imidazole rings is 1. The van der Waals surface area contributed by atoms with E-state index in [-0.39, 0.29) is 17.9 Å². The van der Waals surface area contributed by atoms with E-state index in [4.69, 9.17) is 14.2 Å². The number of carbonyl (C=O) groups excluding carboxylic acids is 1. The van der Waals surface area contributed by atoms with Gasteiger partial charge in [-0.05, 0) is 55.8 Å². The maximum absolute atomic E-state index is 12.5. The van der Waals surface area contributed by atoms with Gasteiger partial charge in [-0.25, -0.2) is 4.98 Å².